The van der Waals surface area contributed by atoms with Crippen molar-refractivity contribution < 1.29 is 37.7 Å². The molecule has 5 atom stereocenters. The minimum atomic E-state index is -4.47. The van der Waals surface area contributed by atoms with Gasteiger partial charge in [0, 0.05) is 12.3 Å². The SMILES string of the molecule is O=C1CCC/C=C\C[C@H]2[C@@H](CO1)C[C@@H](O)[C@@H]2/C=C/[C@@H](O)COc1cccc(C(F)(F)F)c1. The summed E-state index contributed by atoms with van der Waals surface area (Å²) < 4.78 is 49.1. The van der Waals surface area contributed by atoms with E-state index in [0.29, 0.717) is 12.8 Å². The molecule has 2 aliphatic rings. The average molecular weight is 454 g/mol. The Bertz CT molecular complexity index is 820. The lowest BCUT2D eigenvalue weighted by Gasteiger charge is -2.22. The number of esters is 1. The number of hydrogen-bond acceptors (Lipinski definition) is 5. The number of halogens is 3. The lowest BCUT2D eigenvalue weighted by molar-refractivity contribution is -0.145. The van der Waals surface area contributed by atoms with Crippen LogP contribution in [0.4, 0.5) is 13.2 Å². The van der Waals surface area contributed by atoms with Crippen molar-refractivity contribution in [1.29, 1.82) is 0 Å². The zero-order valence-electron chi connectivity index (χ0n) is 17.7. The van der Waals surface area contributed by atoms with E-state index in [1.54, 1.807) is 6.08 Å². The Balaban J connectivity index is 1.60. The van der Waals surface area contributed by atoms with E-state index in [4.69, 9.17) is 9.47 Å². The van der Waals surface area contributed by atoms with E-state index < -0.39 is 23.9 Å². The molecule has 0 unspecified atom stereocenters. The van der Waals surface area contributed by atoms with E-state index in [2.05, 4.69) is 6.08 Å². The van der Waals surface area contributed by atoms with Crippen LogP contribution in [0.3, 0.4) is 0 Å². The van der Waals surface area contributed by atoms with Crippen LogP contribution in [-0.4, -0.2) is 41.6 Å². The molecule has 1 aromatic rings. The summed E-state index contributed by atoms with van der Waals surface area (Å²) in [5, 5.41) is 20.8. The van der Waals surface area contributed by atoms with Crippen LogP contribution in [0, 0.1) is 17.8 Å². The van der Waals surface area contributed by atoms with Gasteiger partial charge in [0.1, 0.15) is 18.5 Å². The first-order valence-electron chi connectivity index (χ1n) is 10.9. The molecule has 1 heterocycles. The maximum atomic E-state index is 12.8. The third-order valence-corrected chi connectivity index (χ3v) is 6.01. The predicted molar refractivity (Wildman–Crippen MR) is 112 cm³/mol. The minimum Gasteiger partial charge on any atom is -0.491 e. The van der Waals surface area contributed by atoms with Crippen LogP contribution >= 0.6 is 0 Å². The number of ether oxygens (including phenoxy) is 2. The molecule has 0 aromatic heterocycles. The van der Waals surface area contributed by atoms with Crippen molar-refractivity contribution in [2.24, 2.45) is 17.8 Å². The number of hydrogen-bond donors (Lipinski definition) is 2. The Labute approximate surface area is 185 Å². The van der Waals surface area contributed by atoms with Gasteiger partial charge in [-0.1, -0.05) is 30.4 Å². The van der Waals surface area contributed by atoms with Crippen molar-refractivity contribution in [1.82, 2.24) is 0 Å². The fourth-order valence-corrected chi connectivity index (χ4v) is 4.32. The third-order valence-electron chi connectivity index (χ3n) is 6.01. The smallest absolute Gasteiger partial charge is 0.416 e. The number of alkyl halides is 3. The molecule has 8 heteroatoms. The lowest BCUT2D eigenvalue weighted by Crippen LogP contribution is -2.22. The van der Waals surface area contributed by atoms with Crippen molar-refractivity contribution >= 4 is 5.97 Å². The first kappa shape index (κ1) is 24.3. The summed E-state index contributed by atoms with van der Waals surface area (Å²) in [7, 11) is 0. The van der Waals surface area contributed by atoms with E-state index in [-0.39, 0.29) is 42.7 Å². The monoisotopic (exact) mass is 454 g/mol. The molecule has 1 aromatic carbocycles. The van der Waals surface area contributed by atoms with Gasteiger partial charge in [0.25, 0.3) is 0 Å². The number of benzene rings is 1. The van der Waals surface area contributed by atoms with Crippen LogP contribution < -0.4 is 4.74 Å². The van der Waals surface area contributed by atoms with E-state index in [0.717, 1.165) is 31.4 Å². The Morgan fingerprint density at radius 1 is 1.28 bits per heavy atom. The summed E-state index contributed by atoms with van der Waals surface area (Å²) in [6, 6.07) is 4.48. The molecule has 0 amide bonds. The van der Waals surface area contributed by atoms with E-state index >= 15 is 0 Å². The van der Waals surface area contributed by atoms with Gasteiger partial charge in [0.15, 0.2) is 0 Å². The molecule has 1 aliphatic carbocycles. The van der Waals surface area contributed by atoms with Crippen molar-refractivity contribution in [3.05, 3.63) is 54.1 Å². The molecule has 0 spiro atoms. The Hall–Kier alpha value is -2.32. The van der Waals surface area contributed by atoms with Gasteiger partial charge in [-0.25, -0.2) is 0 Å². The van der Waals surface area contributed by atoms with Crippen LogP contribution in [0.2, 0.25) is 0 Å². The molecule has 5 nitrogen and oxygen atoms in total. The number of aliphatic hydroxyl groups is 2. The van der Waals surface area contributed by atoms with Crippen LogP contribution in [0.15, 0.2) is 48.6 Å². The Morgan fingerprint density at radius 3 is 2.88 bits per heavy atom. The fourth-order valence-electron chi connectivity index (χ4n) is 4.32. The highest BCUT2D eigenvalue weighted by atomic mass is 19.4. The summed E-state index contributed by atoms with van der Waals surface area (Å²) >= 11 is 0. The van der Waals surface area contributed by atoms with Gasteiger partial charge in [0.05, 0.1) is 18.3 Å². The summed E-state index contributed by atoms with van der Waals surface area (Å²) in [6.45, 7) is 0.0478. The second kappa shape index (κ2) is 11.0. The standard InChI is InChI=1S/C24H29F3O5/c25-24(26,27)17-6-5-7-19(13-17)31-15-18(28)10-11-21-20-8-3-1-2-4-9-23(30)32-14-16(20)12-22(21)29/h1,3,5-7,10-11,13,16,18,20-22,28-29H,2,4,8-9,12,14-15H2/b3-1-,11-10+/t16-,18-,20+,21-,22-/m1/s1. The zero-order valence-corrected chi connectivity index (χ0v) is 17.7. The summed E-state index contributed by atoms with van der Waals surface area (Å²) in [5.74, 6) is -0.365. The van der Waals surface area contributed by atoms with Crippen molar-refractivity contribution in [3.63, 3.8) is 0 Å². The minimum absolute atomic E-state index is 0.0172. The number of allylic oxidation sites excluding steroid dienone is 2. The number of carbonyl (C=O) groups is 1. The number of rotatable bonds is 5. The van der Waals surface area contributed by atoms with Crippen LogP contribution in [0.5, 0.6) is 5.75 Å². The Morgan fingerprint density at radius 2 is 2.09 bits per heavy atom. The number of cyclic esters (lactones) is 1. The fraction of sp³-hybridized carbons (Fsp3) is 0.542. The molecule has 0 saturated heterocycles. The highest BCUT2D eigenvalue weighted by molar-refractivity contribution is 5.69. The van der Waals surface area contributed by atoms with Gasteiger partial charge in [-0.15, -0.1) is 0 Å². The molecular weight excluding hydrogens is 425 g/mol. The van der Waals surface area contributed by atoms with E-state index in [1.165, 1.54) is 18.2 Å². The molecule has 1 fully saturated rings. The molecule has 1 aliphatic heterocycles. The Kier molecular flexibility index (Phi) is 8.37. The molecule has 0 bridgehead atoms. The van der Waals surface area contributed by atoms with Crippen molar-refractivity contribution in [2.45, 2.75) is 50.5 Å². The highest BCUT2D eigenvalue weighted by Crippen LogP contribution is 2.41. The topological polar surface area (TPSA) is 76.0 Å². The molecular formula is C24H29F3O5. The average Bonchev–Trinajstić information content (AvgIpc) is 3.03. The lowest BCUT2D eigenvalue weighted by atomic mass is 9.86. The number of aliphatic hydroxyl groups excluding tert-OH is 2. The largest absolute Gasteiger partial charge is 0.491 e. The normalized spacial score (nSPS) is 29.1. The first-order valence-corrected chi connectivity index (χ1v) is 10.9. The summed E-state index contributed by atoms with van der Waals surface area (Å²) in [4.78, 5) is 11.8. The maximum Gasteiger partial charge on any atom is 0.416 e. The molecule has 176 valence electrons. The van der Waals surface area contributed by atoms with Crippen LogP contribution in [-0.2, 0) is 15.7 Å². The summed E-state index contributed by atoms with van der Waals surface area (Å²) in [5.41, 5.74) is -0.819. The zero-order chi connectivity index (χ0) is 23.1. The van der Waals surface area contributed by atoms with Gasteiger partial charge in [-0.05, 0) is 55.7 Å². The van der Waals surface area contributed by atoms with Gasteiger partial charge in [0.2, 0.25) is 0 Å². The van der Waals surface area contributed by atoms with Gasteiger partial charge < -0.3 is 19.7 Å². The second-order valence-corrected chi connectivity index (χ2v) is 8.38. The van der Waals surface area contributed by atoms with Crippen molar-refractivity contribution in [2.75, 3.05) is 13.2 Å². The second-order valence-electron chi connectivity index (χ2n) is 8.38. The van der Waals surface area contributed by atoms with Crippen LogP contribution in [0.25, 0.3) is 0 Å². The predicted octanol–water partition coefficient (Wildman–Crippen LogP) is 4.29. The highest BCUT2D eigenvalue weighted by Gasteiger charge is 2.41. The molecule has 3 rings (SSSR count). The van der Waals surface area contributed by atoms with Gasteiger partial charge in [-0.3, -0.25) is 4.79 Å². The quantitative estimate of drug-likeness (QED) is 0.513. The number of carbonyl (C=O) groups excluding carboxylic acids is 1. The van der Waals surface area contributed by atoms with Crippen molar-refractivity contribution in [3.8, 4) is 5.75 Å². The maximum absolute atomic E-state index is 12.8. The molecule has 1 saturated carbocycles. The molecule has 2 N–H and O–H groups in total. The molecule has 0 radical (unpaired) electrons. The van der Waals surface area contributed by atoms with Gasteiger partial charge >= 0.3 is 12.1 Å². The first-order chi connectivity index (χ1) is 15.2. The number of fused-ring (bicyclic) bond motifs is 1. The summed E-state index contributed by atoms with van der Waals surface area (Å²) in [6.07, 6.45) is 4.35. The van der Waals surface area contributed by atoms with Gasteiger partial charge in [-0.2, -0.15) is 13.2 Å². The van der Waals surface area contributed by atoms with E-state index in [1.807, 2.05) is 6.08 Å². The third kappa shape index (κ3) is 6.84. The van der Waals surface area contributed by atoms with Crippen LogP contribution in [0.1, 0.15) is 37.7 Å². The van der Waals surface area contributed by atoms with E-state index in [9.17, 15) is 28.2 Å². The molecule has 32 heavy (non-hydrogen) atoms.